The Labute approximate surface area is 135 Å². The summed E-state index contributed by atoms with van der Waals surface area (Å²) < 4.78 is 2.98. The highest BCUT2D eigenvalue weighted by Crippen LogP contribution is 2.24. The van der Waals surface area contributed by atoms with Crippen LogP contribution < -0.4 is 10.2 Å². The van der Waals surface area contributed by atoms with Crippen LogP contribution in [0.3, 0.4) is 0 Å². The van der Waals surface area contributed by atoms with Gasteiger partial charge in [0.15, 0.2) is 0 Å². The van der Waals surface area contributed by atoms with E-state index in [9.17, 15) is 0 Å². The molecule has 21 heavy (non-hydrogen) atoms. The van der Waals surface area contributed by atoms with Gasteiger partial charge in [0.05, 0.1) is 6.20 Å². The van der Waals surface area contributed by atoms with Gasteiger partial charge in [0.1, 0.15) is 0 Å². The van der Waals surface area contributed by atoms with Crippen LogP contribution >= 0.6 is 15.9 Å². The topological polar surface area (TPSA) is 33.1 Å². The van der Waals surface area contributed by atoms with Gasteiger partial charge in [-0.2, -0.15) is 5.10 Å². The predicted octanol–water partition coefficient (Wildman–Crippen LogP) is 3.32. The van der Waals surface area contributed by atoms with Gasteiger partial charge in [0, 0.05) is 55.1 Å². The van der Waals surface area contributed by atoms with E-state index in [1.54, 1.807) is 0 Å². The summed E-state index contributed by atoms with van der Waals surface area (Å²) in [6.45, 7) is 6.04. The maximum Gasteiger partial charge on any atom is 0.0539 e. The van der Waals surface area contributed by atoms with E-state index in [1.165, 1.54) is 16.8 Å². The van der Waals surface area contributed by atoms with Crippen molar-refractivity contribution in [3.63, 3.8) is 0 Å². The summed E-state index contributed by atoms with van der Waals surface area (Å²) in [6.07, 6.45) is 3.96. The minimum Gasteiger partial charge on any atom is -0.370 e. The lowest BCUT2D eigenvalue weighted by molar-refractivity contribution is 0.588. The first-order valence-electron chi connectivity index (χ1n) is 7.16. The second-order valence-corrected chi connectivity index (χ2v) is 6.54. The standard InChI is InChI=1S/C16H23BrN4/c1-12(2)18-9-14-5-6-15(7-16(14)17)20(3)10-13-8-19-21(4)11-13/h5-8,11-12,18H,9-10H2,1-4H3. The molecule has 0 saturated heterocycles. The van der Waals surface area contributed by atoms with Crippen LogP contribution in [-0.4, -0.2) is 22.9 Å². The molecule has 0 radical (unpaired) electrons. The molecule has 0 unspecified atom stereocenters. The van der Waals surface area contributed by atoms with Gasteiger partial charge in [-0.15, -0.1) is 0 Å². The van der Waals surface area contributed by atoms with Gasteiger partial charge in [0.25, 0.3) is 0 Å². The lowest BCUT2D eigenvalue weighted by Gasteiger charge is -2.20. The number of aromatic nitrogens is 2. The molecular weight excluding hydrogens is 328 g/mol. The molecular formula is C16H23BrN4. The predicted molar refractivity (Wildman–Crippen MR) is 91.4 cm³/mol. The Morgan fingerprint density at radius 2 is 2.14 bits per heavy atom. The zero-order chi connectivity index (χ0) is 15.4. The van der Waals surface area contributed by atoms with Crippen LogP contribution in [-0.2, 0) is 20.1 Å². The molecule has 1 heterocycles. The largest absolute Gasteiger partial charge is 0.370 e. The summed E-state index contributed by atoms with van der Waals surface area (Å²) in [5.41, 5.74) is 3.68. The van der Waals surface area contributed by atoms with E-state index in [4.69, 9.17) is 0 Å². The summed E-state index contributed by atoms with van der Waals surface area (Å²) in [5.74, 6) is 0. The summed E-state index contributed by atoms with van der Waals surface area (Å²) in [7, 11) is 4.04. The fourth-order valence-electron chi connectivity index (χ4n) is 2.15. The average molecular weight is 351 g/mol. The minimum atomic E-state index is 0.491. The van der Waals surface area contributed by atoms with Crippen LogP contribution in [0.25, 0.3) is 0 Å². The third-order valence-electron chi connectivity index (χ3n) is 3.36. The quantitative estimate of drug-likeness (QED) is 0.867. The Morgan fingerprint density at radius 1 is 1.38 bits per heavy atom. The van der Waals surface area contributed by atoms with E-state index < -0.39 is 0 Å². The Bertz CT molecular complexity index is 592. The van der Waals surface area contributed by atoms with Crippen LogP contribution in [0, 0.1) is 0 Å². The van der Waals surface area contributed by atoms with E-state index >= 15 is 0 Å². The molecule has 0 aliphatic heterocycles. The van der Waals surface area contributed by atoms with E-state index in [0.717, 1.165) is 17.6 Å². The van der Waals surface area contributed by atoms with Gasteiger partial charge >= 0.3 is 0 Å². The number of rotatable bonds is 6. The van der Waals surface area contributed by atoms with Gasteiger partial charge in [-0.05, 0) is 17.7 Å². The third-order valence-corrected chi connectivity index (χ3v) is 4.09. The fourth-order valence-corrected chi connectivity index (χ4v) is 2.66. The van der Waals surface area contributed by atoms with E-state index in [1.807, 2.05) is 24.1 Å². The molecule has 0 fully saturated rings. The Kier molecular flexibility index (Phi) is 5.42. The first-order chi connectivity index (χ1) is 9.95. The van der Waals surface area contributed by atoms with Crippen molar-refractivity contribution in [1.82, 2.24) is 15.1 Å². The second-order valence-electron chi connectivity index (χ2n) is 5.69. The highest BCUT2D eigenvalue weighted by molar-refractivity contribution is 9.10. The number of nitrogens with zero attached hydrogens (tertiary/aromatic N) is 3. The molecule has 0 bridgehead atoms. The van der Waals surface area contributed by atoms with Crippen LogP contribution in [0.15, 0.2) is 35.1 Å². The monoisotopic (exact) mass is 350 g/mol. The Hall–Kier alpha value is -1.33. The molecule has 1 aromatic carbocycles. The Morgan fingerprint density at radius 3 is 2.71 bits per heavy atom. The summed E-state index contributed by atoms with van der Waals surface area (Å²) in [4.78, 5) is 2.22. The number of aryl methyl sites for hydroxylation is 1. The van der Waals surface area contributed by atoms with Crippen LogP contribution in [0.1, 0.15) is 25.0 Å². The smallest absolute Gasteiger partial charge is 0.0539 e. The molecule has 0 aliphatic carbocycles. The van der Waals surface area contributed by atoms with Crippen LogP contribution in [0.4, 0.5) is 5.69 Å². The zero-order valence-corrected chi connectivity index (χ0v) is 14.7. The van der Waals surface area contributed by atoms with Crippen molar-refractivity contribution in [2.75, 3.05) is 11.9 Å². The number of hydrogen-bond donors (Lipinski definition) is 1. The minimum absolute atomic E-state index is 0.491. The Balaban J connectivity index is 2.04. The fraction of sp³-hybridized carbons (Fsp3) is 0.438. The lowest BCUT2D eigenvalue weighted by atomic mass is 10.2. The van der Waals surface area contributed by atoms with Crippen molar-refractivity contribution in [3.8, 4) is 0 Å². The molecule has 4 nitrogen and oxygen atoms in total. The van der Waals surface area contributed by atoms with Crippen molar-refractivity contribution in [2.24, 2.45) is 7.05 Å². The number of nitrogens with one attached hydrogen (secondary N) is 1. The van der Waals surface area contributed by atoms with Gasteiger partial charge in [-0.25, -0.2) is 0 Å². The van der Waals surface area contributed by atoms with E-state index in [0.29, 0.717) is 6.04 Å². The number of hydrogen-bond acceptors (Lipinski definition) is 3. The lowest BCUT2D eigenvalue weighted by Crippen LogP contribution is -2.22. The van der Waals surface area contributed by atoms with E-state index in [2.05, 4.69) is 70.3 Å². The summed E-state index contributed by atoms with van der Waals surface area (Å²) >= 11 is 3.67. The highest BCUT2D eigenvalue weighted by Gasteiger charge is 2.07. The molecule has 0 aliphatic rings. The third kappa shape index (κ3) is 4.58. The van der Waals surface area contributed by atoms with Crippen molar-refractivity contribution in [2.45, 2.75) is 33.0 Å². The molecule has 1 N–H and O–H groups in total. The van der Waals surface area contributed by atoms with Gasteiger partial charge in [-0.1, -0.05) is 35.8 Å². The highest BCUT2D eigenvalue weighted by atomic mass is 79.9. The SMILES string of the molecule is CC(C)NCc1ccc(N(C)Cc2cnn(C)c2)cc1Br. The van der Waals surface area contributed by atoms with Gasteiger partial charge in [-0.3, -0.25) is 4.68 Å². The number of benzene rings is 1. The van der Waals surface area contributed by atoms with Crippen molar-refractivity contribution >= 4 is 21.6 Å². The number of anilines is 1. The molecule has 0 spiro atoms. The number of halogens is 1. The maximum absolute atomic E-state index is 4.21. The zero-order valence-electron chi connectivity index (χ0n) is 13.1. The van der Waals surface area contributed by atoms with Crippen molar-refractivity contribution < 1.29 is 0 Å². The first-order valence-corrected chi connectivity index (χ1v) is 7.95. The average Bonchev–Trinajstić information content (AvgIpc) is 2.82. The molecule has 2 aromatic rings. The molecule has 1 aromatic heterocycles. The molecule has 0 amide bonds. The van der Waals surface area contributed by atoms with Crippen LogP contribution in [0.5, 0.6) is 0 Å². The van der Waals surface area contributed by atoms with Crippen molar-refractivity contribution in [3.05, 3.63) is 46.2 Å². The molecule has 114 valence electrons. The van der Waals surface area contributed by atoms with Crippen LogP contribution in [0.2, 0.25) is 0 Å². The summed E-state index contributed by atoms with van der Waals surface area (Å²) in [5, 5.41) is 7.65. The van der Waals surface area contributed by atoms with Crippen molar-refractivity contribution in [1.29, 1.82) is 0 Å². The molecule has 0 atom stereocenters. The second kappa shape index (κ2) is 7.09. The summed E-state index contributed by atoms with van der Waals surface area (Å²) in [6, 6.07) is 7.01. The molecule has 0 saturated carbocycles. The first kappa shape index (κ1) is 16.0. The molecule has 5 heteroatoms. The molecule has 2 rings (SSSR count). The van der Waals surface area contributed by atoms with Gasteiger partial charge < -0.3 is 10.2 Å². The van der Waals surface area contributed by atoms with E-state index in [-0.39, 0.29) is 0 Å². The normalized spacial score (nSPS) is 11.1. The maximum atomic E-state index is 4.21. The van der Waals surface area contributed by atoms with Gasteiger partial charge in [0.2, 0.25) is 0 Å².